The van der Waals surface area contributed by atoms with E-state index >= 15 is 0 Å². The third kappa shape index (κ3) is 3.43. The van der Waals surface area contributed by atoms with E-state index in [9.17, 15) is 4.79 Å². The van der Waals surface area contributed by atoms with Crippen LogP contribution >= 0.6 is 23.4 Å². The zero-order valence-corrected chi connectivity index (χ0v) is 14.4. The van der Waals surface area contributed by atoms with Crippen LogP contribution in [0.2, 0.25) is 5.02 Å². The number of hydrogen-bond donors (Lipinski definition) is 1. The van der Waals surface area contributed by atoms with Crippen LogP contribution in [0.4, 0.5) is 0 Å². The van der Waals surface area contributed by atoms with Crippen molar-refractivity contribution in [1.29, 1.82) is 0 Å². The van der Waals surface area contributed by atoms with Gasteiger partial charge in [-0.2, -0.15) is 0 Å². The van der Waals surface area contributed by atoms with Crippen LogP contribution in [0.15, 0.2) is 23.1 Å². The molecule has 120 valence electrons. The minimum Gasteiger partial charge on any atom is -0.336 e. The fourth-order valence-corrected chi connectivity index (χ4v) is 3.85. The number of carbonyl (C=O) groups is 1. The number of nitrogens with zero attached hydrogens (tertiary/aromatic N) is 2. The summed E-state index contributed by atoms with van der Waals surface area (Å²) in [6.07, 6.45) is 3.22. The van der Waals surface area contributed by atoms with Crippen LogP contribution in [0.5, 0.6) is 0 Å². The highest BCUT2D eigenvalue weighted by atomic mass is 35.5. The van der Waals surface area contributed by atoms with E-state index in [1.165, 1.54) is 6.42 Å². The molecule has 0 radical (unpaired) electrons. The molecule has 1 aromatic carbocycles. The molecule has 2 heterocycles. The monoisotopic (exact) mass is 339 g/mol. The topological polar surface area (TPSA) is 35.6 Å². The fourth-order valence-electron chi connectivity index (χ4n) is 3.21. The normalized spacial score (nSPS) is 23.0. The van der Waals surface area contributed by atoms with Gasteiger partial charge in [-0.05, 0) is 37.4 Å². The van der Waals surface area contributed by atoms with Gasteiger partial charge in [-0.15, -0.1) is 11.8 Å². The summed E-state index contributed by atoms with van der Waals surface area (Å²) in [5.41, 5.74) is 0.629. The second kappa shape index (κ2) is 7.21. The molecule has 1 amide bonds. The Morgan fingerprint density at radius 1 is 1.32 bits per heavy atom. The Hall–Kier alpha value is -0.750. The SMILES string of the molecule is CSc1ccc(Cl)c(C(=O)N2CCN(C3CCNC3)CC2)c1. The van der Waals surface area contributed by atoms with Crippen LogP contribution < -0.4 is 5.32 Å². The lowest BCUT2D eigenvalue weighted by Crippen LogP contribution is -2.52. The molecule has 2 fully saturated rings. The third-order valence-electron chi connectivity index (χ3n) is 4.56. The number of carbonyl (C=O) groups excluding carboxylic acids is 1. The lowest BCUT2D eigenvalue weighted by molar-refractivity contribution is 0.0584. The van der Waals surface area contributed by atoms with Gasteiger partial charge in [0.05, 0.1) is 10.6 Å². The number of thioether (sulfide) groups is 1. The van der Waals surface area contributed by atoms with Crippen molar-refractivity contribution in [2.75, 3.05) is 45.5 Å². The van der Waals surface area contributed by atoms with E-state index in [1.807, 2.05) is 29.4 Å². The molecule has 6 heteroatoms. The van der Waals surface area contributed by atoms with E-state index in [0.717, 1.165) is 44.2 Å². The highest BCUT2D eigenvalue weighted by Crippen LogP contribution is 2.25. The third-order valence-corrected chi connectivity index (χ3v) is 5.61. The van der Waals surface area contributed by atoms with Crippen molar-refractivity contribution in [2.45, 2.75) is 17.4 Å². The summed E-state index contributed by atoms with van der Waals surface area (Å²) in [6.45, 7) is 5.68. The summed E-state index contributed by atoms with van der Waals surface area (Å²) in [7, 11) is 0. The molecule has 1 unspecified atom stereocenters. The summed E-state index contributed by atoms with van der Waals surface area (Å²) in [4.78, 5) is 18.2. The Labute approximate surface area is 141 Å². The van der Waals surface area contributed by atoms with E-state index in [-0.39, 0.29) is 5.91 Å². The first-order valence-electron chi connectivity index (χ1n) is 7.76. The molecule has 4 nitrogen and oxygen atoms in total. The predicted octanol–water partition coefficient (Wildman–Crippen LogP) is 2.18. The highest BCUT2D eigenvalue weighted by Gasteiger charge is 2.28. The van der Waals surface area contributed by atoms with Gasteiger partial charge in [0.2, 0.25) is 0 Å². The number of hydrogen-bond acceptors (Lipinski definition) is 4. The first-order valence-corrected chi connectivity index (χ1v) is 9.37. The number of halogens is 1. The molecule has 1 atom stereocenters. The Morgan fingerprint density at radius 3 is 2.73 bits per heavy atom. The molecule has 0 spiro atoms. The molecule has 0 saturated carbocycles. The Bertz CT molecular complexity index is 540. The molecule has 2 aliphatic heterocycles. The van der Waals surface area contributed by atoms with E-state index in [2.05, 4.69) is 10.2 Å². The van der Waals surface area contributed by atoms with Crippen molar-refractivity contribution in [3.63, 3.8) is 0 Å². The number of nitrogens with one attached hydrogen (secondary N) is 1. The summed E-state index contributed by atoms with van der Waals surface area (Å²) >= 11 is 7.85. The second-order valence-electron chi connectivity index (χ2n) is 5.82. The standard InChI is InChI=1S/C16H22ClN3OS/c1-22-13-2-3-15(17)14(10-13)16(21)20-8-6-19(7-9-20)12-4-5-18-11-12/h2-3,10,12,18H,4-9,11H2,1H3. The van der Waals surface area contributed by atoms with Crippen LogP contribution in [0, 0.1) is 0 Å². The summed E-state index contributed by atoms with van der Waals surface area (Å²) in [5.74, 6) is 0.0603. The number of rotatable bonds is 3. The van der Waals surface area contributed by atoms with Crippen molar-refractivity contribution >= 4 is 29.3 Å². The van der Waals surface area contributed by atoms with Crippen LogP contribution in [0.1, 0.15) is 16.8 Å². The van der Waals surface area contributed by atoms with Crippen molar-refractivity contribution in [3.8, 4) is 0 Å². The molecule has 22 heavy (non-hydrogen) atoms. The molecule has 2 aliphatic rings. The van der Waals surface area contributed by atoms with E-state index in [0.29, 0.717) is 16.6 Å². The van der Waals surface area contributed by atoms with Crippen molar-refractivity contribution in [2.24, 2.45) is 0 Å². The Balaban J connectivity index is 1.64. The van der Waals surface area contributed by atoms with Gasteiger partial charge in [-0.1, -0.05) is 11.6 Å². The maximum Gasteiger partial charge on any atom is 0.255 e. The molecule has 0 bridgehead atoms. The zero-order valence-electron chi connectivity index (χ0n) is 12.8. The number of amides is 1. The molecular formula is C16H22ClN3OS. The van der Waals surface area contributed by atoms with Crippen molar-refractivity contribution in [1.82, 2.24) is 15.1 Å². The van der Waals surface area contributed by atoms with Gasteiger partial charge in [0.25, 0.3) is 5.91 Å². The van der Waals surface area contributed by atoms with Gasteiger partial charge in [0, 0.05) is 43.7 Å². The van der Waals surface area contributed by atoms with Crippen LogP contribution in [-0.2, 0) is 0 Å². The Kier molecular flexibility index (Phi) is 5.29. The quantitative estimate of drug-likeness (QED) is 0.856. The van der Waals surface area contributed by atoms with Crippen LogP contribution in [0.25, 0.3) is 0 Å². The number of piperazine rings is 1. The molecule has 2 saturated heterocycles. The van der Waals surface area contributed by atoms with E-state index < -0.39 is 0 Å². The molecular weight excluding hydrogens is 318 g/mol. The first kappa shape index (κ1) is 16.1. The Morgan fingerprint density at radius 2 is 2.09 bits per heavy atom. The van der Waals surface area contributed by atoms with Crippen LogP contribution in [-0.4, -0.2) is 67.3 Å². The molecule has 1 N–H and O–H groups in total. The number of benzene rings is 1. The second-order valence-corrected chi connectivity index (χ2v) is 7.11. The van der Waals surface area contributed by atoms with Crippen LogP contribution in [0.3, 0.4) is 0 Å². The van der Waals surface area contributed by atoms with Gasteiger partial charge < -0.3 is 10.2 Å². The van der Waals surface area contributed by atoms with Gasteiger partial charge in [-0.25, -0.2) is 0 Å². The summed E-state index contributed by atoms with van der Waals surface area (Å²) < 4.78 is 0. The lowest BCUT2D eigenvalue weighted by atomic mass is 10.1. The lowest BCUT2D eigenvalue weighted by Gasteiger charge is -2.37. The molecule has 0 aromatic heterocycles. The predicted molar refractivity (Wildman–Crippen MR) is 92.0 cm³/mol. The minimum absolute atomic E-state index is 0.0603. The average molecular weight is 340 g/mol. The van der Waals surface area contributed by atoms with Crippen molar-refractivity contribution < 1.29 is 4.79 Å². The molecule has 0 aliphatic carbocycles. The van der Waals surface area contributed by atoms with Crippen molar-refractivity contribution in [3.05, 3.63) is 28.8 Å². The fraction of sp³-hybridized carbons (Fsp3) is 0.562. The van der Waals surface area contributed by atoms with E-state index in [1.54, 1.807) is 11.8 Å². The summed E-state index contributed by atoms with van der Waals surface area (Å²) in [5, 5.41) is 3.95. The zero-order chi connectivity index (χ0) is 15.5. The van der Waals surface area contributed by atoms with E-state index in [4.69, 9.17) is 11.6 Å². The first-order chi connectivity index (χ1) is 10.7. The smallest absolute Gasteiger partial charge is 0.255 e. The summed E-state index contributed by atoms with van der Waals surface area (Å²) in [6, 6.07) is 6.32. The van der Waals surface area contributed by atoms with Gasteiger partial charge in [-0.3, -0.25) is 9.69 Å². The molecule has 1 aromatic rings. The minimum atomic E-state index is 0.0603. The van der Waals surface area contributed by atoms with Gasteiger partial charge in [0.15, 0.2) is 0 Å². The van der Waals surface area contributed by atoms with Gasteiger partial charge >= 0.3 is 0 Å². The maximum absolute atomic E-state index is 12.7. The largest absolute Gasteiger partial charge is 0.336 e. The molecule has 3 rings (SSSR count). The average Bonchev–Trinajstić information content (AvgIpc) is 3.09. The maximum atomic E-state index is 12.7. The van der Waals surface area contributed by atoms with Gasteiger partial charge in [0.1, 0.15) is 0 Å². The highest BCUT2D eigenvalue weighted by molar-refractivity contribution is 7.98.